The maximum atomic E-state index is 9.40. The highest BCUT2D eigenvalue weighted by Gasteiger charge is 2.18. The molecular formula is C15H16N5P. The summed E-state index contributed by atoms with van der Waals surface area (Å²) >= 11 is 0. The largest absolute Gasteiger partial charge is 0.351 e. The third-order valence-corrected chi connectivity index (χ3v) is 4.61. The molecule has 21 heavy (non-hydrogen) atoms. The summed E-state index contributed by atoms with van der Waals surface area (Å²) in [6, 6.07) is 4.21. The minimum Gasteiger partial charge on any atom is -0.351 e. The topological polar surface area (TPSA) is 64.6 Å². The lowest BCUT2D eigenvalue weighted by atomic mass is 10.1. The quantitative estimate of drug-likeness (QED) is 0.787. The molecule has 0 amide bonds. The van der Waals surface area contributed by atoms with Gasteiger partial charge in [-0.15, -0.1) is 0 Å². The summed E-state index contributed by atoms with van der Waals surface area (Å²) in [5, 5.41) is 9.40. The van der Waals surface area contributed by atoms with Crippen molar-refractivity contribution in [3.05, 3.63) is 29.5 Å². The van der Waals surface area contributed by atoms with Crippen LogP contribution in [0.3, 0.4) is 0 Å². The van der Waals surface area contributed by atoms with Gasteiger partial charge in [0.1, 0.15) is 11.9 Å². The number of rotatable bonds is 2. The molecule has 0 N–H and O–H groups in total. The van der Waals surface area contributed by atoms with E-state index in [-0.39, 0.29) is 6.04 Å². The van der Waals surface area contributed by atoms with E-state index in [9.17, 15) is 5.26 Å². The fourth-order valence-electron chi connectivity index (χ4n) is 2.31. The smallest absolute Gasteiger partial charge is 0.146 e. The first-order valence-corrected chi connectivity index (χ1v) is 8.33. The maximum absolute atomic E-state index is 9.40. The highest BCUT2D eigenvalue weighted by atomic mass is 31.1. The number of anilines is 1. The van der Waals surface area contributed by atoms with E-state index in [4.69, 9.17) is 0 Å². The van der Waals surface area contributed by atoms with Crippen molar-refractivity contribution in [2.75, 3.05) is 23.9 Å². The van der Waals surface area contributed by atoms with Gasteiger partial charge in [-0.05, 0) is 25.2 Å². The van der Waals surface area contributed by atoms with Gasteiger partial charge in [-0.3, -0.25) is 9.98 Å². The monoisotopic (exact) mass is 297 g/mol. The lowest BCUT2D eigenvalue weighted by molar-refractivity contribution is 0.954. The first-order valence-electron chi connectivity index (χ1n) is 6.92. The molecule has 2 aliphatic rings. The third kappa shape index (κ3) is 3.01. The van der Waals surface area contributed by atoms with Crippen LogP contribution in [-0.2, 0) is 0 Å². The van der Waals surface area contributed by atoms with Gasteiger partial charge in [-0.2, -0.15) is 5.26 Å². The average Bonchev–Trinajstić information content (AvgIpc) is 2.95. The molecule has 3 rings (SSSR count). The number of allylic oxidation sites excluding steroid dienone is 1. The van der Waals surface area contributed by atoms with Crippen molar-refractivity contribution < 1.29 is 0 Å². The minimum atomic E-state index is 0.0759. The zero-order chi connectivity index (χ0) is 14.7. The number of nitrogens with zero attached hydrogens (tertiary/aromatic N) is 5. The normalized spacial score (nSPS) is 22.2. The van der Waals surface area contributed by atoms with Crippen LogP contribution >= 0.6 is 8.58 Å². The Labute approximate surface area is 125 Å². The van der Waals surface area contributed by atoms with Gasteiger partial charge in [0.05, 0.1) is 17.3 Å². The molecule has 2 atom stereocenters. The summed E-state index contributed by atoms with van der Waals surface area (Å²) < 4.78 is 0. The molecule has 0 radical (unpaired) electrons. The van der Waals surface area contributed by atoms with E-state index in [1.54, 1.807) is 18.6 Å². The Balaban J connectivity index is 1.95. The fraction of sp³-hybridized carbons (Fsp3) is 0.333. The second-order valence-electron chi connectivity index (χ2n) is 5.00. The molecule has 2 aliphatic heterocycles. The van der Waals surface area contributed by atoms with Crippen LogP contribution in [0, 0.1) is 11.3 Å². The molecule has 1 aromatic rings. The molecule has 5 nitrogen and oxygen atoms in total. The first-order chi connectivity index (χ1) is 10.3. The number of aromatic nitrogens is 1. The number of nitriles is 1. The molecule has 0 aliphatic carbocycles. The molecule has 0 spiro atoms. The lowest BCUT2D eigenvalue weighted by Crippen LogP contribution is -2.20. The van der Waals surface area contributed by atoms with Gasteiger partial charge in [0.2, 0.25) is 0 Å². The Kier molecular flexibility index (Phi) is 4.08. The number of aliphatic imine (C=N–C) groups is 2. The zero-order valence-electron chi connectivity index (χ0n) is 11.8. The first kappa shape index (κ1) is 13.9. The van der Waals surface area contributed by atoms with E-state index < -0.39 is 0 Å². The Morgan fingerprint density at radius 2 is 2.38 bits per heavy atom. The predicted molar refractivity (Wildman–Crippen MR) is 88.8 cm³/mol. The van der Waals surface area contributed by atoms with Gasteiger partial charge in [-0.25, -0.2) is 4.98 Å². The molecule has 0 bridgehead atoms. The summed E-state index contributed by atoms with van der Waals surface area (Å²) in [5.74, 6) is 0.798. The summed E-state index contributed by atoms with van der Waals surface area (Å²) in [7, 11) is 0.934. The van der Waals surface area contributed by atoms with Gasteiger partial charge in [-0.1, -0.05) is 8.58 Å². The third-order valence-electron chi connectivity index (χ3n) is 3.43. The lowest BCUT2D eigenvalue weighted by Gasteiger charge is -2.17. The Hall–Kier alpha value is -2.05. The highest BCUT2D eigenvalue weighted by Crippen LogP contribution is 2.29. The summed E-state index contributed by atoms with van der Waals surface area (Å²) in [4.78, 5) is 15.4. The van der Waals surface area contributed by atoms with Crippen molar-refractivity contribution in [2.45, 2.75) is 13.0 Å². The van der Waals surface area contributed by atoms with E-state index in [0.29, 0.717) is 5.56 Å². The molecule has 0 aromatic carbocycles. The Morgan fingerprint density at radius 1 is 1.48 bits per heavy atom. The molecule has 6 heteroatoms. The van der Waals surface area contributed by atoms with Crippen molar-refractivity contribution in [1.82, 2.24) is 4.98 Å². The van der Waals surface area contributed by atoms with E-state index in [2.05, 4.69) is 25.9 Å². The second kappa shape index (κ2) is 6.15. The Morgan fingerprint density at radius 3 is 3.14 bits per heavy atom. The molecule has 1 saturated heterocycles. The van der Waals surface area contributed by atoms with E-state index in [1.807, 2.05) is 19.1 Å². The predicted octanol–water partition coefficient (Wildman–Crippen LogP) is 2.29. The standard InChI is InChI=1S/C15H16N5P/c1-11-8-18-14(2-3-17-11)13-6-12(7-16)15(19-9-13)20-4-5-21-10-20/h2-3,6,8-9,11,21H,4-5,10H2,1H3. The zero-order valence-corrected chi connectivity index (χ0v) is 12.8. The van der Waals surface area contributed by atoms with Crippen molar-refractivity contribution in [3.8, 4) is 6.07 Å². The van der Waals surface area contributed by atoms with E-state index in [1.165, 1.54) is 6.16 Å². The SMILES string of the molecule is CC1C=NC(c2cnc(N3CCPC3)c(C#N)c2)=CC=N1. The van der Waals surface area contributed by atoms with Crippen LogP contribution in [0.15, 0.2) is 28.3 Å². The molecule has 1 aromatic heterocycles. The molecule has 106 valence electrons. The summed E-state index contributed by atoms with van der Waals surface area (Å²) in [6.45, 7) is 2.97. The van der Waals surface area contributed by atoms with Crippen LogP contribution in [0.25, 0.3) is 5.70 Å². The van der Waals surface area contributed by atoms with Gasteiger partial charge in [0, 0.05) is 37.0 Å². The minimum absolute atomic E-state index is 0.0759. The Bertz CT molecular complexity index is 665. The van der Waals surface area contributed by atoms with Gasteiger partial charge in [0.25, 0.3) is 0 Å². The van der Waals surface area contributed by atoms with Crippen molar-refractivity contribution in [2.24, 2.45) is 9.98 Å². The number of hydrogen-bond acceptors (Lipinski definition) is 5. The van der Waals surface area contributed by atoms with Crippen LogP contribution < -0.4 is 4.90 Å². The summed E-state index contributed by atoms with van der Waals surface area (Å²) in [5.41, 5.74) is 2.26. The summed E-state index contributed by atoms with van der Waals surface area (Å²) in [6.07, 6.45) is 9.41. The van der Waals surface area contributed by atoms with Crippen LogP contribution in [0.4, 0.5) is 5.82 Å². The van der Waals surface area contributed by atoms with E-state index >= 15 is 0 Å². The highest BCUT2D eigenvalue weighted by molar-refractivity contribution is 7.38. The molecule has 0 saturated carbocycles. The molecule has 1 fully saturated rings. The maximum Gasteiger partial charge on any atom is 0.146 e. The second-order valence-corrected chi connectivity index (χ2v) is 6.31. The molecule has 3 heterocycles. The number of hydrogen-bond donors (Lipinski definition) is 0. The van der Waals surface area contributed by atoms with Gasteiger partial charge in [0.15, 0.2) is 0 Å². The fourth-order valence-corrected chi connectivity index (χ4v) is 3.47. The van der Waals surface area contributed by atoms with Crippen LogP contribution in [0.2, 0.25) is 0 Å². The van der Waals surface area contributed by atoms with Gasteiger partial charge < -0.3 is 4.90 Å². The number of pyridine rings is 1. The average molecular weight is 297 g/mol. The van der Waals surface area contributed by atoms with Crippen LogP contribution in [0.1, 0.15) is 18.1 Å². The van der Waals surface area contributed by atoms with Crippen LogP contribution in [0.5, 0.6) is 0 Å². The molecular weight excluding hydrogens is 281 g/mol. The molecule has 2 unspecified atom stereocenters. The van der Waals surface area contributed by atoms with E-state index in [0.717, 1.165) is 38.5 Å². The van der Waals surface area contributed by atoms with Gasteiger partial charge >= 0.3 is 0 Å². The van der Waals surface area contributed by atoms with Crippen LogP contribution in [-0.4, -0.2) is 42.4 Å². The van der Waals surface area contributed by atoms with Crippen molar-refractivity contribution in [3.63, 3.8) is 0 Å². The van der Waals surface area contributed by atoms with Crippen molar-refractivity contribution >= 4 is 32.5 Å². The van der Waals surface area contributed by atoms with Crippen molar-refractivity contribution in [1.29, 1.82) is 5.26 Å².